The van der Waals surface area contributed by atoms with Gasteiger partial charge in [0.2, 0.25) is 0 Å². The van der Waals surface area contributed by atoms with E-state index in [9.17, 15) is 0 Å². The van der Waals surface area contributed by atoms with Crippen molar-refractivity contribution in [3.8, 4) is 113 Å². The fourth-order valence-electron chi connectivity index (χ4n) is 21.3. The molecule has 130 heavy (non-hydrogen) atoms. The van der Waals surface area contributed by atoms with E-state index in [2.05, 4.69) is 291 Å². The maximum atomic E-state index is 6.46. The van der Waals surface area contributed by atoms with Crippen LogP contribution in [0.3, 0.4) is 0 Å². The Morgan fingerprint density at radius 1 is 0.185 bits per heavy atom. The van der Waals surface area contributed by atoms with Gasteiger partial charge in [0.1, 0.15) is 22.3 Å². The van der Waals surface area contributed by atoms with E-state index in [1.54, 1.807) is 0 Å². The Balaban J connectivity index is 0.000000134. The molecule has 28 rings (SSSR count). The second-order valence-electron chi connectivity index (χ2n) is 33.6. The molecule has 0 N–H and O–H groups in total. The summed E-state index contributed by atoms with van der Waals surface area (Å²) < 4.78 is 12.7. The highest BCUT2D eigenvalue weighted by Crippen LogP contribution is 2.66. The van der Waals surface area contributed by atoms with Gasteiger partial charge in [0, 0.05) is 112 Å². The second-order valence-corrected chi connectivity index (χ2v) is 35.7. The highest BCUT2D eigenvalue weighted by Gasteiger charge is 2.53. The minimum atomic E-state index is -0.470. The topological polar surface area (TPSA) is 129 Å². The number of furan rings is 2. The molecule has 0 radical (unpaired) electrons. The Morgan fingerprint density at radius 2 is 0.515 bits per heavy atom. The molecule has 10 nitrogen and oxygen atoms in total. The van der Waals surface area contributed by atoms with Gasteiger partial charge in [0.25, 0.3) is 0 Å². The first kappa shape index (κ1) is 73.9. The summed E-state index contributed by atoms with van der Waals surface area (Å²) in [4.78, 5) is 46.6. The summed E-state index contributed by atoms with van der Waals surface area (Å²) in [5.74, 6) is 3.52. The molecular formula is C118H68N8O2S2. The zero-order valence-electron chi connectivity index (χ0n) is 69.5. The van der Waals surface area contributed by atoms with Gasteiger partial charge in [-0.05, 0) is 115 Å². The molecule has 0 saturated heterocycles. The van der Waals surface area contributed by atoms with Crippen molar-refractivity contribution in [2.45, 2.75) is 30.4 Å². The van der Waals surface area contributed by atoms with E-state index < -0.39 is 10.8 Å². The first-order chi connectivity index (χ1) is 64.4. The van der Waals surface area contributed by atoms with E-state index >= 15 is 0 Å². The summed E-state index contributed by atoms with van der Waals surface area (Å²) in [7, 11) is 0. The van der Waals surface area contributed by atoms with E-state index in [4.69, 9.17) is 48.7 Å². The Bertz CT molecular complexity index is 8800. The summed E-state index contributed by atoms with van der Waals surface area (Å²) in [5, 5.41) is 11.1. The van der Waals surface area contributed by atoms with Crippen LogP contribution in [0.2, 0.25) is 0 Å². The van der Waals surface area contributed by atoms with Crippen LogP contribution in [-0.4, -0.2) is 39.9 Å². The van der Waals surface area contributed by atoms with Gasteiger partial charge < -0.3 is 8.83 Å². The third-order valence-corrected chi connectivity index (χ3v) is 29.2. The molecule has 2 spiro atoms. The molecular weight excluding hydrogens is 1630 g/mol. The summed E-state index contributed by atoms with van der Waals surface area (Å²) >= 11 is 3.77. The lowest BCUT2D eigenvalue weighted by molar-refractivity contribution is 0.669. The number of fused-ring (bicyclic) bond motifs is 32. The van der Waals surface area contributed by atoms with Gasteiger partial charge in [0.15, 0.2) is 34.9 Å². The van der Waals surface area contributed by atoms with Crippen molar-refractivity contribution in [3.63, 3.8) is 0 Å². The number of pyridine rings is 2. The molecule has 8 heterocycles. The van der Waals surface area contributed by atoms with E-state index in [0.717, 1.165) is 132 Å². The van der Waals surface area contributed by atoms with Crippen LogP contribution < -0.4 is 0 Å². The predicted molar refractivity (Wildman–Crippen MR) is 526 cm³/mol. The molecule has 0 saturated carbocycles. The molecule has 2 aliphatic heterocycles. The summed E-state index contributed by atoms with van der Waals surface area (Å²) in [6, 6.07) is 146. The van der Waals surface area contributed by atoms with Gasteiger partial charge in [-0.2, -0.15) is 0 Å². The zero-order chi connectivity index (χ0) is 85.3. The van der Waals surface area contributed by atoms with Gasteiger partial charge in [-0.3, -0.25) is 0 Å². The highest BCUT2D eigenvalue weighted by atomic mass is 32.2. The van der Waals surface area contributed by atoms with Gasteiger partial charge >= 0.3 is 0 Å². The van der Waals surface area contributed by atoms with Gasteiger partial charge in [0.05, 0.1) is 38.8 Å². The minimum absolute atomic E-state index is 0.469. The molecule has 6 aromatic heterocycles. The summed E-state index contributed by atoms with van der Waals surface area (Å²) in [5.41, 5.74) is 29.2. The highest BCUT2D eigenvalue weighted by molar-refractivity contribution is 8.00. The van der Waals surface area contributed by atoms with Crippen molar-refractivity contribution in [1.29, 1.82) is 0 Å². The quantitative estimate of drug-likeness (QED) is 0.134. The number of hydrogen-bond donors (Lipinski definition) is 0. The van der Waals surface area contributed by atoms with Gasteiger partial charge in [-0.15, -0.1) is 0 Å². The molecule has 604 valence electrons. The average molecular weight is 1690 g/mol. The number of rotatable bonds is 8. The first-order valence-electron chi connectivity index (χ1n) is 43.8. The molecule has 24 aromatic rings. The van der Waals surface area contributed by atoms with Crippen LogP contribution in [0.1, 0.15) is 44.5 Å². The standard InChI is InChI=1S/2C59H34N4OS/c1-2-15-36(16-3-1)56-61-57(63-58(62-56)44-22-14-21-41-40-19-7-12-27-50(40)64-54(41)44)37-31-29-35(30-32-37)53-43-33-34-48-55(52(43)42-20-6-11-26-49(42)60-53)65-51-28-13-10-25-47(51)59(48)45-23-8-4-17-38(45)39-18-5-9-24-46(39)59;1-2-15-36(16-3-1)56-61-57(63-58(62-56)43-21-14-27-50-52(43)41-20-7-12-26-49(41)64-50)37-31-29-35(30-32-37)54-42-33-34-47-55(53(42)40-19-6-11-25-48(40)60-54)65-51-28-13-10-24-46(51)59(47)44-22-8-4-17-38(44)39-18-5-9-23-45(39)59/h2*1-34H. The van der Waals surface area contributed by atoms with E-state index in [1.807, 2.05) is 145 Å². The van der Waals surface area contributed by atoms with E-state index in [-0.39, 0.29) is 0 Å². The van der Waals surface area contributed by atoms with Gasteiger partial charge in [-0.25, -0.2) is 39.9 Å². The number of aromatic nitrogens is 8. The van der Waals surface area contributed by atoms with Crippen molar-refractivity contribution in [1.82, 2.24) is 39.9 Å². The van der Waals surface area contributed by atoms with Crippen LogP contribution in [-0.2, 0) is 10.8 Å². The first-order valence-corrected chi connectivity index (χ1v) is 45.4. The lowest BCUT2D eigenvalue weighted by Crippen LogP contribution is -2.32. The number of hydrogen-bond acceptors (Lipinski definition) is 12. The van der Waals surface area contributed by atoms with Crippen LogP contribution in [0.4, 0.5) is 0 Å². The minimum Gasteiger partial charge on any atom is -0.456 e. The van der Waals surface area contributed by atoms with E-state index in [0.29, 0.717) is 34.9 Å². The molecule has 0 amide bonds. The summed E-state index contributed by atoms with van der Waals surface area (Å²) in [6.07, 6.45) is 0. The Kier molecular flexibility index (Phi) is 16.5. The predicted octanol–water partition coefficient (Wildman–Crippen LogP) is 29.9. The van der Waals surface area contributed by atoms with Crippen LogP contribution in [0, 0.1) is 0 Å². The van der Waals surface area contributed by atoms with E-state index in [1.165, 1.54) is 97.1 Å². The van der Waals surface area contributed by atoms with Crippen molar-refractivity contribution in [3.05, 3.63) is 457 Å². The van der Waals surface area contributed by atoms with Crippen molar-refractivity contribution in [2.75, 3.05) is 0 Å². The second kappa shape index (κ2) is 29.1. The Hall–Kier alpha value is -16.4. The molecule has 18 aromatic carbocycles. The monoisotopic (exact) mass is 1690 g/mol. The van der Waals surface area contributed by atoms with Crippen molar-refractivity contribution in [2.24, 2.45) is 0 Å². The molecule has 2 aliphatic carbocycles. The normalized spacial score (nSPS) is 13.3. The Labute approximate surface area is 754 Å². The molecule has 0 unspecified atom stereocenters. The van der Waals surface area contributed by atoms with Crippen molar-refractivity contribution < 1.29 is 8.83 Å². The Morgan fingerprint density at radius 3 is 0.992 bits per heavy atom. The lowest BCUT2D eigenvalue weighted by atomic mass is 9.67. The van der Waals surface area contributed by atoms with Crippen LogP contribution in [0.15, 0.2) is 441 Å². The zero-order valence-corrected chi connectivity index (χ0v) is 71.1. The largest absolute Gasteiger partial charge is 0.456 e. The number of benzene rings is 18. The molecule has 4 aliphatic rings. The fraction of sp³-hybridized carbons (Fsp3) is 0.0169. The average Bonchev–Trinajstić information content (AvgIpc) is 1.47. The van der Waals surface area contributed by atoms with Crippen molar-refractivity contribution >= 4 is 111 Å². The number of para-hydroxylation sites is 5. The molecule has 12 heteroatoms. The maximum Gasteiger partial charge on any atom is 0.167 e. The van der Waals surface area contributed by atoms with Crippen LogP contribution in [0.5, 0.6) is 0 Å². The molecule has 0 bridgehead atoms. The lowest BCUT2D eigenvalue weighted by Gasteiger charge is -2.40. The summed E-state index contributed by atoms with van der Waals surface area (Å²) in [6.45, 7) is 0. The maximum absolute atomic E-state index is 6.46. The third kappa shape index (κ3) is 11.0. The smallest absolute Gasteiger partial charge is 0.167 e. The third-order valence-electron chi connectivity index (χ3n) is 26.8. The van der Waals surface area contributed by atoms with Gasteiger partial charge in [-0.1, -0.05) is 388 Å². The molecule has 0 fully saturated rings. The fourth-order valence-corrected chi connectivity index (χ4v) is 24.0. The molecule has 0 atom stereocenters. The number of nitrogens with zero attached hydrogens (tertiary/aromatic N) is 8. The van der Waals surface area contributed by atoms with Crippen LogP contribution in [0.25, 0.3) is 200 Å². The van der Waals surface area contributed by atoms with Crippen LogP contribution >= 0.6 is 23.5 Å². The SMILES string of the molecule is c1ccc(-c2nc(-c3ccc(-c4nc5ccccc5c5c6c(ccc45)C4(c5ccccc5S6)c5ccccc5-c5ccccc54)cc3)nc(-c3cccc4c3oc3ccccc34)n2)cc1.c1ccc(-c2nc(-c3ccc(-c4nc5ccccc5c5c6c(ccc45)C4(c5ccccc5S6)c5ccccc5-c5ccccc54)cc3)nc(-c3cccc4oc5ccccc5c34)n2)cc1.